The maximum Gasteiger partial charge on any atom is 0.220 e. The lowest BCUT2D eigenvalue weighted by atomic mass is 10.1. The molecular weight excluding hydrogens is 450 g/mol. The number of aromatic nitrogens is 1. The molecule has 2 N–H and O–H groups in total. The maximum atomic E-state index is 12.2. The second kappa shape index (κ2) is 10.8. The Morgan fingerprint density at radius 2 is 1.72 bits per heavy atom. The first-order valence-corrected chi connectivity index (χ1v) is 12.3. The van der Waals surface area contributed by atoms with E-state index in [9.17, 15) is 13.2 Å². The molecule has 0 saturated heterocycles. The van der Waals surface area contributed by atoms with Crippen molar-refractivity contribution in [2.24, 2.45) is 0 Å². The van der Waals surface area contributed by atoms with Crippen molar-refractivity contribution in [1.29, 1.82) is 0 Å². The molecule has 0 aliphatic heterocycles. The van der Waals surface area contributed by atoms with Gasteiger partial charge in [0.05, 0.1) is 11.9 Å². The van der Waals surface area contributed by atoms with Crippen LogP contribution in [0.15, 0.2) is 59.1 Å². The van der Waals surface area contributed by atoms with Gasteiger partial charge in [0.25, 0.3) is 0 Å². The summed E-state index contributed by atoms with van der Waals surface area (Å²) in [7, 11) is -3.36. The number of nitrogens with zero attached hydrogens (tertiary/aromatic N) is 1. The Morgan fingerprint density at radius 3 is 2.38 bits per heavy atom. The number of amides is 1. The van der Waals surface area contributed by atoms with Crippen molar-refractivity contribution in [2.45, 2.75) is 45.0 Å². The smallest absolute Gasteiger partial charge is 0.220 e. The van der Waals surface area contributed by atoms with Gasteiger partial charge in [-0.1, -0.05) is 35.9 Å². The first-order valence-electron chi connectivity index (χ1n) is 10.3. The molecular formula is C23H26ClN3O4S. The molecule has 0 unspecified atom stereocenters. The summed E-state index contributed by atoms with van der Waals surface area (Å²) in [6.07, 6.45) is 2.27. The van der Waals surface area contributed by atoms with E-state index in [0.717, 1.165) is 11.1 Å². The topological polar surface area (TPSA) is 101 Å². The van der Waals surface area contributed by atoms with Crippen LogP contribution >= 0.6 is 11.6 Å². The van der Waals surface area contributed by atoms with E-state index in [1.807, 2.05) is 24.3 Å². The van der Waals surface area contributed by atoms with Crippen LogP contribution in [0.25, 0.3) is 11.3 Å². The zero-order valence-corrected chi connectivity index (χ0v) is 19.5. The average Bonchev–Trinajstić information content (AvgIpc) is 3.20. The van der Waals surface area contributed by atoms with Crippen molar-refractivity contribution in [3.8, 4) is 11.3 Å². The molecule has 32 heavy (non-hydrogen) atoms. The predicted molar refractivity (Wildman–Crippen MR) is 124 cm³/mol. The van der Waals surface area contributed by atoms with E-state index >= 15 is 0 Å². The number of sulfonamides is 1. The minimum absolute atomic E-state index is 0.0774. The second-order valence-corrected chi connectivity index (χ2v) is 9.94. The summed E-state index contributed by atoms with van der Waals surface area (Å²) in [6, 6.07) is 14.2. The van der Waals surface area contributed by atoms with Gasteiger partial charge >= 0.3 is 0 Å². The standard InChI is InChI=1S/C23H26ClN3O4S/c1-16(2)27-32(29,30)15-18-5-3-17(4-6-18)13-25-22(28)11-12-23-26-14-21(31-23)19-7-9-20(24)10-8-19/h3-10,14,16,27H,11-13,15H2,1-2H3,(H,25,28). The van der Waals surface area contributed by atoms with Gasteiger partial charge in [0, 0.05) is 36.0 Å². The van der Waals surface area contributed by atoms with Crippen LogP contribution in [-0.4, -0.2) is 25.4 Å². The summed E-state index contributed by atoms with van der Waals surface area (Å²) in [5, 5.41) is 3.50. The van der Waals surface area contributed by atoms with Gasteiger partial charge in [-0.3, -0.25) is 4.79 Å². The quantitative estimate of drug-likeness (QED) is 0.460. The first-order chi connectivity index (χ1) is 15.2. The molecule has 7 nitrogen and oxygen atoms in total. The molecule has 1 amide bonds. The number of oxazole rings is 1. The van der Waals surface area contributed by atoms with Crippen molar-refractivity contribution in [3.63, 3.8) is 0 Å². The van der Waals surface area contributed by atoms with Gasteiger partial charge in [0.2, 0.25) is 15.9 Å². The van der Waals surface area contributed by atoms with E-state index in [0.29, 0.717) is 35.2 Å². The Kier molecular flexibility index (Phi) is 8.06. The van der Waals surface area contributed by atoms with Crippen molar-refractivity contribution < 1.29 is 17.6 Å². The fourth-order valence-corrected chi connectivity index (χ4v) is 4.62. The fourth-order valence-electron chi connectivity index (χ4n) is 3.06. The number of hydrogen-bond acceptors (Lipinski definition) is 5. The highest BCUT2D eigenvalue weighted by molar-refractivity contribution is 7.88. The van der Waals surface area contributed by atoms with Crippen LogP contribution < -0.4 is 10.0 Å². The van der Waals surface area contributed by atoms with Crippen LogP contribution in [0.1, 0.15) is 37.3 Å². The molecule has 3 rings (SSSR count). The lowest BCUT2D eigenvalue weighted by Gasteiger charge is -2.10. The molecule has 0 aliphatic rings. The average molecular weight is 476 g/mol. The highest BCUT2D eigenvalue weighted by atomic mass is 35.5. The van der Waals surface area contributed by atoms with Crippen molar-refractivity contribution in [1.82, 2.24) is 15.0 Å². The molecule has 0 aliphatic carbocycles. The van der Waals surface area contributed by atoms with Gasteiger partial charge in [-0.15, -0.1) is 0 Å². The SMILES string of the molecule is CC(C)NS(=O)(=O)Cc1ccc(CNC(=O)CCc2ncc(-c3ccc(Cl)cc3)o2)cc1. The summed E-state index contributed by atoms with van der Waals surface area (Å²) < 4.78 is 32.3. The molecule has 0 bridgehead atoms. The van der Waals surface area contributed by atoms with Gasteiger partial charge in [0.1, 0.15) is 0 Å². The number of rotatable bonds is 10. The summed E-state index contributed by atoms with van der Waals surface area (Å²) in [4.78, 5) is 16.4. The lowest BCUT2D eigenvalue weighted by Crippen LogP contribution is -2.31. The molecule has 1 heterocycles. The normalized spacial score (nSPS) is 11.6. The molecule has 9 heteroatoms. The van der Waals surface area contributed by atoms with Crippen LogP contribution in [0.2, 0.25) is 5.02 Å². The van der Waals surface area contributed by atoms with Gasteiger partial charge in [-0.05, 0) is 49.2 Å². The third-order valence-corrected chi connectivity index (χ3v) is 6.33. The highest BCUT2D eigenvalue weighted by Gasteiger charge is 2.13. The number of halogens is 1. The molecule has 1 aromatic heterocycles. The molecule has 0 atom stereocenters. The van der Waals surface area contributed by atoms with E-state index in [1.165, 1.54) is 0 Å². The van der Waals surface area contributed by atoms with Gasteiger partial charge < -0.3 is 9.73 Å². The summed E-state index contributed by atoms with van der Waals surface area (Å²) in [5.41, 5.74) is 2.44. The Hall–Kier alpha value is -2.68. The van der Waals surface area contributed by atoms with Gasteiger partial charge in [-0.25, -0.2) is 18.1 Å². The number of aryl methyl sites for hydroxylation is 1. The third kappa shape index (κ3) is 7.47. The molecule has 0 spiro atoms. The Balaban J connectivity index is 1.44. The van der Waals surface area contributed by atoms with Gasteiger partial charge in [0.15, 0.2) is 11.7 Å². The zero-order valence-electron chi connectivity index (χ0n) is 18.0. The van der Waals surface area contributed by atoms with Crippen LogP contribution in [0, 0.1) is 0 Å². The summed E-state index contributed by atoms with van der Waals surface area (Å²) in [6.45, 7) is 3.92. The molecule has 0 radical (unpaired) electrons. The zero-order chi connectivity index (χ0) is 23.1. The lowest BCUT2D eigenvalue weighted by molar-refractivity contribution is -0.121. The van der Waals surface area contributed by atoms with E-state index in [4.69, 9.17) is 16.0 Å². The van der Waals surface area contributed by atoms with Crippen molar-refractivity contribution in [2.75, 3.05) is 0 Å². The van der Waals surface area contributed by atoms with Crippen LogP contribution in [0.5, 0.6) is 0 Å². The number of benzene rings is 2. The molecule has 0 fully saturated rings. The monoisotopic (exact) mass is 475 g/mol. The molecule has 170 valence electrons. The van der Waals surface area contributed by atoms with Gasteiger partial charge in [-0.2, -0.15) is 0 Å². The number of nitrogens with one attached hydrogen (secondary N) is 2. The maximum absolute atomic E-state index is 12.2. The van der Waals surface area contributed by atoms with Crippen molar-refractivity contribution >= 4 is 27.5 Å². The summed E-state index contributed by atoms with van der Waals surface area (Å²) >= 11 is 5.89. The minimum Gasteiger partial charge on any atom is -0.441 e. The number of carbonyl (C=O) groups is 1. The second-order valence-electron chi connectivity index (χ2n) is 7.75. The van der Waals surface area contributed by atoms with E-state index in [1.54, 1.807) is 44.3 Å². The molecule has 0 saturated carbocycles. The molecule has 3 aromatic rings. The van der Waals surface area contributed by atoms with Crippen LogP contribution in [0.4, 0.5) is 0 Å². The predicted octanol–water partition coefficient (Wildman–Crippen LogP) is 4.07. The fraction of sp³-hybridized carbons (Fsp3) is 0.304. The number of hydrogen-bond donors (Lipinski definition) is 2. The van der Waals surface area contributed by atoms with Crippen LogP contribution in [0.3, 0.4) is 0 Å². The first kappa shape index (κ1) is 24.0. The minimum atomic E-state index is -3.36. The Bertz CT molecular complexity index is 1140. The Labute approximate surface area is 193 Å². The highest BCUT2D eigenvalue weighted by Crippen LogP contribution is 2.22. The van der Waals surface area contributed by atoms with E-state index in [2.05, 4.69) is 15.0 Å². The Morgan fingerprint density at radius 1 is 1.06 bits per heavy atom. The van der Waals surface area contributed by atoms with Crippen LogP contribution in [-0.2, 0) is 33.5 Å². The summed E-state index contributed by atoms with van der Waals surface area (Å²) in [5.74, 6) is 0.920. The van der Waals surface area contributed by atoms with E-state index in [-0.39, 0.29) is 24.1 Å². The van der Waals surface area contributed by atoms with E-state index < -0.39 is 10.0 Å². The number of carbonyl (C=O) groups excluding carboxylic acids is 1. The van der Waals surface area contributed by atoms with Crippen molar-refractivity contribution in [3.05, 3.63) is 76.8 Å². The third-order valence-electron chi connectivity index (χ3n) is 4.53. The largest absolute Gasteiger partial charge is 0.441 e. The molecule has 2 aromatic carbocycles.